The zero-order valence-electron chi connectivity index (χ0n) is 12.2. The first kappa shape index (κ1) is 13.9. The van der Waals surface area contributed by atoms with Crippen molar-refractivity contribution in [2.45, 2.75) is 6.92 Å². The van der Waals surface area contributed by atoms with Gasteiger partial charge in [-0.2, -0.15) is 5.10 Å². The number of phenolic OH excluding ortho intramolecular Hbond substituents is 1. The summed E-state index contributed by atoms with van der Waals surface area (Å²) in [5.74, 6) is -0.0891. The minimum absolute atomic E-state index is 0.175. The summed E-state index contributed by atoms with van der Waals surface area (Å²) in [6.45, 7) is 1.83. The number of aliphatic carboxylic acids is 1. The topological polar surface area (TPSA) is 80.3 Å². The molecular formula is C16H15N3O3. The van der Waals surface area contributed by atoms with E-state index in [4.69, 9.17) is 5.11 Å². The average molecular weight is 297 g/mol. The lowest BCUT2D eigenvalue weighted by molar-refractivity contribution is -0.131. The van der Waals surface area contributed by atoms with Crippen molar-refractivity contribution in [1.82, 2.24) is 14.3 Å². The zero-order chi connectivity index (χ0) is 15.9. The minimum atomic E-state index is -1.01. The van der Waals surface area contributed by atoms with Gasteiger partial charge in [-0.25, -0.2) is 4.79 Å². The fourth-order valence-electron chi connectivity index (χ4n) is 2.60. The second-order valence-electron chi connectivity index (χ2n) is 5.05. The molecule has 1 aromatic carbocycles. The lowest BCUT2D eigenvalue weighted by Crippen LogP contribution is -2.03. The molecule has 0 aliphatic rings. The number of benzene rings is 1. The quantitative estimate of drug-likeness (QED) is 0.728. The lowest BCUT2D eigenvalue weighted by atomic mass is 10.2. The molecule has 6 heteroatoms. The monoisotopic (exact) mass is 297 g/mol. The molecule has 0 saturated heterocycles. The number of hydrogen-bond acceptors (Lipinski definition) is 3. The highest BCUT2D eigenvalue weighted by Crippen LogP contribution is 2.27. The molecule has 0 aliphatic carbocycles. The Bertz CT molecular complexity index is 903. The molecule has 0 fully saturated rings. The van der Waals surface area contributed by atoms with Crippen LogP contribution in [0.4, 0.5) is 0 Å². The number of aromatic nitrogens is 3. The smallest absolute Gasteiger partial charge is 0.328 e. The first-order chi connectivity index (χ1) is 10.5. The Kier molecular flexibility index (Phi) is 3.21. The molecule has 2 aromatic heterocycles. The van der Waals surface area contributed by atoms with E-state index in [0.717, 1.165) is 34.1 Å². The lowest BCUT2D eigenvalue weighted by Gasteiger charge is -2.08. The number of hydrogen-bond donors (Lipinski definition) is 2. The van der Waals surface area contributed by atoms with Gasteiger partial charge in [0.05, 0.1) is 11.2 Å². The summed E-state index contributed by atoms with van der Waals surface area (Å²) in [6, 6.07) is 7.06. The second kappa shape index (κ2) is 5.07. The maximum absolute atomic E-state index is 10.8. The largest absolute Gasteiger partial charge is 0.508 e. The molecule has 2 N–H and O–H groups in total. The fourth-order valence-corrected chi connectivity index (χ4v) is 2.60. The van der Waals surface area contributed by atoms with Gasteiger partial charge in [0.2, 0.25) is 0 Å². The van der Waals surface area contributed by atoms with Gasteiger partial charge in [-0.05, 0) is 31.2 Å². The first-order valence-corrected chi connectivity index (χ1v) is 6.72. The van der Waals surface area contributed by atoms with Crippen molar-refractivity contribution in [3.63, 3.8) is 0 Å². The Labute approximate surface area is 126 Å². The molecule has 3 aromatic rings. The molecule has 0 radical (unpaired) electrons. The highest BCUT2D eigenvalue weighted by atomic mass is 16.4. The van der Waals surface area contributed by atoms with E-state index in [1.165, 1.54) is 6.08 Å². The van der Waals surface area contributed by atoms with E-state index in [1.807, 2.05) is 29.8 Å². The highest BCUT2D eigenvalue weighted by Gasteiger charge is 2.15. The third-order valence-electron chi connectivity index (χ3n) is 3.53. The summed E-state index contributed by atoms with van der Waals surface area (Å²) in [7, 11) is 1.80. The van der Waals surface area contributed by atoms with Gasteiger partial charge in [0.25, 0.3) is 0 Å². The highest BCUT2D eigenvalue weighted by molar-refractivity contribution is 5.87. The van der Waals surface area contributed by atoms with E-state index in [-0.39, 0.29) is 5.75 Å². The maximum atomic E-state index is 10.8. The van der Waals surface area contributed by atoms with Crippen molar-refractivity contribution >= 4 is 22.9 Å². The number of carbonyl (C=O) groups is 1. The molecule has 0 atom stereocenters. The Morgan fingerprint density at radius 1 is 1.32 bits per heavy atom. The summed E-state index contributed by atoms with van der Waals surface area (Å²) in [4.78, 5) is 10.8. The van der Waals surface area contributed by atoms with Crippen LogP contribution in [0.1, 0.15) is 11.3 Å². The molecule has 6 nitrogen and oxygen atoms in total. The van der Waals surface area contributed by atoms with Crippen LogP contribution in [0, 0.1) is 6.92 Å². The molecule has 22 heavy (non-hydrogen) atoms. The summed E-state index contributed by atoms with van der Waals surface area (Å²) in [5.41, 5.74) is 2.29. The van der Waals surface area contributed by atoms with Gasteiger partial charge in [0.1, 0.15) is 11.6 Å². The van der Waals surface area contributed by atoms with Crippen LogP contribution < -0.4 is 0 Å². The predicted octanol–water partition coefficient (Wildman–Crippen LogP) is 2.48. The fraction of sp³-hybridized carbons (Fsp3) is 0.125. The molecule has 0 unspecified atom stereocenters. The van der Waals surface area contributed by atoms with E-state index >= 15 is 0 Å². The molecule has 112 valence electrons. The van der Waals surface area contributed by atoms with Crippen molar-refractivity contribution in [1.29, 1.82) is 0 Å². The van der Waals surface area contributed by atoms with Gasteiger partial charge in [-0.3, -0.25) is 4.68 Å². The number of carboxylic acids is 1. The average Bonchev–Trinajstić information content (AvgIpc) is 2.96. The van der Waals surface area contributed by atoms with Gasteiger partial charge >= 0.3 is 5.97 Å². The molecule has 0 bridgehead atoms. The van der Waals surface area contributed by atoms with Gasteiger partial charge in [0.15, 0.2) is 0 Å². The van der Waals surface area contributed by atoms with Crippen LogP contribution in [0.2, 0.25) is 0 Å². The van der Waals surface area contributed by atoms with Crippen molar-refractivity contribution < 1.29 is 15.0 Å². The van der Waals surface area contributed by atoms with E-state index < -0.39 is 5.97 Å². The predicted molar refractivity (Wildman–Crippen MR) is 83.1 cm³/mol. The number of aromatic hydroxyl groups is 1. The number of fused-ring (bicyclic) bond motifs is 1. The third-order valence-corrected chi connectivity index (χ3v) is 3.53. The number of rotatable bonds is 3. The van der Waals surface area contributed by atoms with Crippen LogP contribution in [0.3, 0.4) is 0 Å². The van der Waals surface area contributed by atoms with E-state index in [1.54, 1.807) is 23.9 Å². The zero-order valence-corrected chi connectivity index (χ0v) is 12.2. The van der Waals surface area contributed by atoms with Gasteiger partial charge in [0, 0.05) is 36.3 Å². The summed E-state index contributed by atoms with van der Waals surface area (Å²) in [5, 5.41) is 23.9. The number of aryl methyl sites for hydroxylation is 2. The Morgan fingerprint density at radius 2 is 2.09 bits per heavy atom. The van der Waals surface area contributed by atoms with Crippen molar-refractivity contribution in [3.8, 4) is 11.6 Å². The molecule has 0 spiro atoms. The van der Waals surface area contributed by atoms with Crippen LogP contribution in [0.5, 0.6) is 5.75 Å². The van der Waals surface area contributed by atoms with Crippen LogP contribution in [0.25, 0.3) is 22.8 Å². The van der Waals surface area contributed by atoms with E-state index in [0.29, 0.717) is 0 Å². The van der Waals surface area contributed by atoms with Gasteiger partial charge < -0.3 is 14.8 Å². The first-order valence-electron chi connectivity index (χ1n) is 6.72. The molecule has 3 rings (SSSR count). The van der Waals surface area contributed by atoms with Crippen molar-refractivity contribution in [3.05, 3.63) is 47.8 Å². The minimum Gasteiger partial charge on any atom is -0.508 e. The third kappa shape index (κ3) is 2.24. The Balaban J connectivity index is 2.26. The SMILES string of the molecule is Cc1nn(C)c(-n2ccc3ccc(O)cc32)c1/C=C/C(=O)O. The number of carboxylic acid groups (broad SMARTS) is 1. The molecular weight excluding hydrogens is 282 g/mol. The normalized spacial score (nSPS) is 11.5. The Morgan fingerprint density at radius 3 is 2.82 bits per heavy atom. The molecule has 2 heterocycles. The molecule has 0 aliphatic heterocycles. The van der Waals surface area contributed by atoms with Crippen molar-refractivity contribution in [2.75, 3.05) is 0 Å². The molecule has 0 saturated carbocycles. The number of phenols is 1. The summed E-state index contributed by atoms with van der Waals surface area (Å²) >= 11 is 0. The standard InChI is InChI=1S/C16H15N3O3/c1-10-13(5-6-15(21)22)16(18(2)17-10)19-8-7-11-3-4-12(20)9-14(11)19/h3-9,20H,1-2H3,(H,21,22)/b6-5+. The van der Waals surface area contributed by atoms with Crippen molar-refractivity contribution in [2.24, 2.45) is 7.05 Å². The number of nitrogens with zero attached hydrogens (tertiary/aromatic N) is 3. The van der Waals surface area contributed by atoms with Gasteiger partial charge in [-0.1, -0.05) is 0 Å². The molecule has 0 amide bonds. The van der Waals surface area contributed by atoms with E-state index in [9.17, 15) is 9.90 Å². The van der Waals surface area contributed by atoms with Crippen LogP contribution in [-0.4, -0.2) is 30.5 Å². The summed E-state index contributed by atoms with van der Waals surface area (Å²) in [6.07, 6.45) is 4.50. The van der Waals surface area contributed by atoms with Crippen LogP contribution >= 0.6 is 0 Å². The second-order valence-corrected chi connectivity index (χ2v) is 5.05. The summed E-state index contributed by atoms with van der Waals surface area (Å²) < 4.78 is 3.58. The van der Waals surface area contributed by atoms with Crippen LogP contribution in [0.15, 0.2) is 36.5 Å². The van der Waals surface area contributed by atoms with Gasteiger partial charge in [-0.15, -0.1) is 0 Å². The maximum Gasteiger partial charge on any atom is 0.328 e. The van der Waals surface area contributed by atoms with E-state index in [2.05, 4.69) is 5.10 Å². The Hall–Kier alpha value is -3.02. The van der Waals surface area contributed by atoms with Crippen LogP contribution in [-0.2, 0) is 11.8 Å².